The lowest BCUT2D eigenvalue weighted by atomic mass is 9.91. The Hall–Kier alpha value is -1.08. The van der Waals surface area contributed by atoms with Crippen LogP contribution in [0.2, 0.25) is 0 Å². The van der Waals surface area contributed by atoms with E-state index in [0.717, 1.165) is 51.1 Å². The van der Waals surface area contributed by atoms with E-state index in [2.05, 4.69) is 20.9 Å². The molecule has 1 aliphatic heterocycles. The number of ether oxygens (including phenoxy) is 1. The van der Waals surface area contributed by atoms with E-state index in [0.29, 0.717) is 6.54 Å². The molecular formula is C16H28Cl2N4O2. The molecule has 8 heteroatoms. The van der Waals surface area contributed by atoms with Crippen molar-refractivity contribution in [2.24, 2.45) is 0 Å². The molecule has 0 aromatic carbocycles. The Kier molecular flexibility index (Phi) is 11.8. The highest BCUT2D eigenvalue weighted by molar-refractivity contribution is 5.86. The van der Waals surface area contributed by atoms with Crippen molar-refractivity contribution in [2.45, 2.75) is 31.3 Å². The minimum Gasteiger partial charge on any atom is -0.370 e. The highest BCUT2D eigenvalue weighted by Crippen LogP contribution is 2.22. The fourth-order valence-electron chi connectivity index (χ4n) is 2.65. The van der Waals surface area contributed by atoms with Gasteiger partial charge < -0.3 is 20.7 Å². The number of aromatic nitrogens is 1. The van der Waals surface area contributed by atoms with Crippen LogP contribution in [0.15, 0.2) is 24.4 Å². The number of nitrogens with one attached hydrogen (secondary N) is 3. The molecule has 0 bridgehead atoms. The lowest BCUT2D eigenvalue weighted by molar-refractivity contribution is -0.146. The molecule has 1 fully saturated rings. The van der Waals surface area contributed by atoms with Gasteiger partial charge in [-0.25, -0.2) is 4.98 Å². The van der Waals surface area contributed by atoms with E-state index in [4.69, 9.17) is 4.74 Å². The number of halogens is 2. The highest BCUT2D eigenvalue weighted by atomic mass is 35.5. The number of carbonyl (C=O) groups excluding carboxylic acids is 1. The third-order valence-corrected chi connectivity index (χ3v) is 4.08. The Bertz CT molecular complexity index is 457. The number of anilines is 1. The van der Waals surface area contributed by atoms with Gasteiger partial charge in [0.15, 0.2) is 0 Å². The van der Waals surface area contributed by atoms with Crippen molar-refractivity contribution in [2.75, 3.05) is 38.6 Å². The zero-order chi connectivity index (χ0) is 15.7. The summed E-state index contributed by atoms with van der Waals surface area (Å²) in [6.07, 6.45) is 5.15. The SMILES string of the molecule is COC1(C(=O)NCCCCNc2ccccn2)CCNCC1.Cl.Cl. The van der Waals surface area contributed by atoms with Gasteiger partial charge in [-0.05, 0) is 50.9 Å². The van der Waals surface area contributed by atoms with E-state index >= 15 is 0 Å². The van der Waals surface area contributed by atoms with Crippen LogP contribution in [0.25, 0.3) is 0 Å². The summed E-state index contributed by atoms with van der Waals surface area (Å²) < 4.78 is 5.50. The van der Waals surface area contributed by atoms with Crippen molar-refractivity contribution in [3.05, 3.63) is 24.4 Å². The number of nitrogens with zero attached hydrogens (tertiary/aromatic N) is 1. The number of piperidine rings is 1. The molecule has 0 spiro atoms. The summed E-state index contributed by atoms with van der Waals surface area (Å²) in [6.45, 7) is 3.19. The molecule has 1 aromatic heterocycles. The van der Waals surface area contributed by atoms with Gasteiger partial charge in [0.05, 0.1) is 0 Å². The summed E-state index contributed by atoms with van der Waals surface area (Å²) in [5.41, 5.74) is -0.641. The van der Waals surface area contributed by atoms with Gasteiger partial charge in [0, 0.05) is 26.4 Å². The molecule has 1 aliphatic rings. The lowest BCUT2D eigenvalue weighted by Gasteiger charge is -2.34. The molecule has 24 heavy (non-hydrogen) atoms. The zero-order valence-corrected chi connectivity index (χ0v) is 15.7. The van der Waals surface area contributed by atoms with Crippen molar-refractivity contribution in [1.82, 2.24) is 15.6 Å². The lowest BCUT2D eigenvalue weighted by Crippen LogP contribution is -2.54. The van der Waals surface area contributed by atoms with Gasteiger partial charge in [-0.15, -0.1) is 24.8 Å². The Morgan fingerprint density at radius 1 is 1.25 bits per heavy atom. The van der Waals surface area contributed by atoms with Crippen LogP contribution in [0, 0.1) is 0 Å². The Morgan fingerprint density at radius 2 is 1.96 bits per heavy atom. The second-order valence-electron chi connectivity index (χ2n) is 5.55. The van der Waals surface area contributed by atoms with E-state index in [1.165, 1.54) is 0 Å². The van der Waals surface area contributed by atoms with Crippen LogP contribution in [-0.2, 0) is 9.53 Å². The summed E-state index contributed by atoms with van der Waals surface area (Å²) in [5, 5.41) is 9.52. The van der Waals surface area contributed by atoms with Crippen LogP contribution in [0.3, 0.4) is 0 Å². The number of hydrogen-bond donors (Lipinski definition) is 3. The largest absolute Gasteiger partial charge is 0.370 e. The number of amides is 1. The average molecular weight is 379 g/mol. The van der Waals surface area contributed by atoms with Crippen LogP contribution in [-0.4, -0.2) is 49.8 Å². The molecule has 0 aliphatic carbocycles. The molecule has 2 rings (SSSR count). The second kappa shape index (κ2) is 12.3. The first kappa shape index (κ1) is 22.9. The molecule has 0 radical (unpaired) electrons. The van der Waals surface area contributed by atoms with Crippen molar-refractivity contribution in [3.63, 3.8) is 0 Å². The first-order valence-corrected chi connectivity index (χ1v) is 7.96. The van der Waals surface area contributed by atoms with Crippen LogP contribution in [0.4, 0.5) is 5.82 Å². The minimum atomic E-state index is -0.641. The van der Waals surface area contributed by atoms with Crippen LogP contribution in [0.5, 0.6) is 0 Å². The van der Waals surface area contributed by atoms with Crippen molar-refractivity contribution in [1.29, 1.82) is 0 Å². The van der Waals surface area contributed by atoms with Crippen LogP contribution >= 0.6 is 24.8 Å². The molecule has 0 atom stereocenters. The van der Waals surface area contributed by atoms with E-state index in [9.17, 15) is 4.79 Å². The Morgan fingerprint density at radius 3 is 2.58 bits per heavy atom. The Labute approximate surface area is 156 Å². The van der Waals surface area contributed by atoms with E-state index in [1.807, 2.05) is 18.2 Å². The monoisotopic (exact) mass is 378 g/mol. The number of hydrogen-bond acceptors (Lipinski definition) is 5. The molecule has 1 saturated heterocycles. The maximum Gasteiger partial charge on any atom is 0.252 e. The normalized spacial score (nSPS) is 15.5. The van der Waals surface area contributed by atoms with Gasteiger partial charge >= 0.3 is 0 Å². The summed E-state index contributed by atoms with van der Waals surface area (Å²) in [5.74, 6) is 0.911. The topological polar surface area (TPSA) is 75.3 Å². The second-order valence-corrected chi connectivity index (χ2v) is 5.55. The summed E-state index contributed by atoms with van der Waals surface area (Å²) in [4.78, 5) is 16.5. The quantitative estimate of drug-likeness (QED) is 0.603. The number of pyridine rings is 1. The molecule has 0 unspecified atom stereocenters. The number of rotatable bonds is 8. The summed E-state index contributed by atoms with van der Waals surface area (Å²) in [7, 11) is 1.63. The molecule has 3 N–H and O–H groups in total. The molecule has 6 nitrogen and oxygen atoms in total. The molecular weight excluding hydrogens is 351 g/mol. The third kappa shape index (κ3) is 6.81. The molecule has 1 amide bonds. The summed E-state index contributed by atoms with van der Waals surface area (Å²) >= 11 is 0. The van der Waals surface area contributed by atoms with Gasteiger partial charge in [0.1, 0.15) is 11.4 Å². The van der Waals surface area contributed by atoms with Crippen LogP contribution in [0.1, 0.15) is 25.7 Å². The van der Waals surface area contributed by atoms with E-state index in [-0.39, 0.29) is 30.7 Å². The molecule has 2 heterocycles. The Balaban J connectivity index is 0.00000264. The predicted octanol–water partition coefficient (Wildman–Crippen LogP) is 2.00. The average Bonchev–Trinajstić information content (AvgIpc) is 2.59. The fourth-order valence-corrected chi connectivity index (χ4v) is 2.65. The minimum absolute atomic E-state index is 0. The van der Waals surface area contributed by atoms with Crippen LogP contribution < -0.4 is 16.0 Å². The molecule has 0 saturated carbocycles. The molecule has 138 valence electrons. The highest BCUT2D eigenvalue weighted by Gasteiger charge is 2.39. The maximum absolute atomic E-state index is 12.3. The van der Waals surface area contributed by atoms with Gasteiger partial charge in [-0.1, -0.05) is 6.07 Å². The molecule has 1 aromatic rings. The predicted molar refractivity (Wildman–Crippen MR) is 101 cm³/mol. The summed E-state index contributed by atoms with van der Waals surface area (Å²) in [6, 6.07) is 5.80. The first-order chi connectivity index (χ1) is 10.8. The van der Waals surface area contributed by atoms with Gasteiger partial charge in [-0.3, -0.25) is 4.79 Å². The van der Waals surface area contributed by atoms with Crippen molar-refractivity contribution >= 4 is 36.5 Å². The van der Waals surface area contributed by atoms with Gasteiger partial charge in [-0.2, -0.15) is 0 Å². The van der Waals surface area contributed by atoms with Crippen molar-refractivity contribution < 1.29 is 9.53 Å². The maximum atomic E-state index is 12.3. The smallest absolute Gasteiger partial charge is 0.252 e. The zero-order valence-electron chi connectivity index (χ0n) is 14.0. The first-order valence-electron chi connectivity index (χ1n) is 7.96. The van der Waals surface area contributed by atoms with Crippen molar-refractivity contribution in [3.8, 4) is 0 Å². The van der Waals surface area contributed by atoms with Gasteiger partial charge in [0.2, 0.25) is 0 Å². The number of unbranched alkanes of at least 4 members (excludes halogenated alkanes) is 1. The standard InChI is InChI=1S/C16H26N4O2.2ClH/c1-22-16(7-12-17-13-8-16)15(21)20-11-5-4-10-19-14-6-2-3-9-18-14;;/h2-3,6,9,17H,4-5,7-8,10-13H2,1H3,(H,18,19)(H,20,21);2*1H. The van der Waals surface area contributed by atoms with E-state index < -0.39 is 5.60 Å². The number of methoxy groups -OCH3 is 1. The van der Waals surface area contributed by atoms with E-state index in [1.54, 1.807) is 13.3 Å². The third-order valence-electron chi connectivity index (χ3n) is 4.08. The fraction of sp³-hybridized carbons (Fsp3) is 0.625. The number of carbonyl (C=O) groups is 1. The van der Waals surface area contributed by atoms with Gasteiger partial charge in [0.25, 0.3) is 5.91 Å².